The second-order valence-corrected chi connectivity index (χ2v) is 11.5. The molecule has 202 valence electrons. The van der Waals surface area contributed by atoms with Gasteiger partial charge in [-0.05, 0) is 67.3 Å². The van der Waals surface area contributed by atoms with Gasteiger partial charge in [0.1, 0.15) is 11.2 Å². The maximum Gasteiger partial charge on any atom is 0.145 e. The molecule has 5 aromatic carbocycles. The number of nitrogens with zero attached hydrogens (tertiary/aromatic N) is 2. The molecule has 3 heteroatoms. The lowest BCUT2D eigenvalue weighted by Crippen LogP contribution is -2.05. The monoisotopic (exact) mass is 542 g/mol. The number of aromatic nitrogens is 2. The number of para-hydroxylation sites is 3. The van der Waals surface area contributed by atoms with Gasteiger partial charge < -0.3 is 13.6 Å². The van der Waals surface area contributed by atoms with Crippen LogP contribution in [-0.4, -0.2) is 9.13 Å². The van der Waals surface area contributed by atoms with Crippen LogP contribution >= 0.6 is 0 Å². The van der Waals surface area contributed by atoms with Gasteiger partial charge in [-0.2, -0.15) is 0 Å². The second kappa shape index (κ2) is 8.99. The molecule has 1 aliphatic carbocycles. The van der Waals surface area contributed by atoms with Gasteiger partial charge in [-0.25, -0.2) is 0 Å². The van der Waals surface area contributed by atoms with E-state index in [0.717, 1.165) is 53.1 Å². The van der Waals surface area contributed by atoms with Crippen molar-refractivity contribution in [3.63, 3.8) is 0 Å². The van der Waals surface area contributed by atoms with Crippen LogP contribution in [0.2, 0.25) is 0 Å². The van der Waals surface area contributed by atoms with Crippen LogP contribution in [0.3, 0.4) is 0 Å². The van der Waals surface area contributed by atoms with Crippen molar-refractivity contribution >= 4 is 60.7 Å². The molecule has 1 aliphatic rings. The number of furan rings is 1. The van der Waals surface area contributed by atoms with Gasteiger partial charge in [-0.3, -0.25) is 0 Å². The molecule has 0 N–H and O–H groups in total. The van der Waals surface area contributed by atoms with Crippen molar-refractivity contribution in [1.82, 2.24) is 9.13 Å². The Morgan fingerprint density at radius 2 is 1.50 bits per heavy atom. The Labute approximate surface area is 243 Å². The van der Waals surface area contributed by atoms with E-state index in [1.54, 1.807) is 0 Å². The summed E-state index contributed by atoms with van der Waals surface area (Å²) in [5.74, 6) is 0. The number of rotatable bonds is 4. The van der Waals surface area contributed by atoms with E-state index in [0.29, 0.717) is 0 Å². The summed E-state index contributed by atoms with van der Waals surface area (Å²) in [6.45, 7) is 2.24. The van der Waals surface area contributed by atoms with Crippen molar-refractivity contribution in [2.75, 3.05) is 0 Å². The maximum absolute atomic E-state index is 6.64. The van der Waals surface area contributed by atoms with Gasteiger partial charge in [0.2, 0.25) is 0 Å². The van der Waals surface area contributed by atoms with E-state index in [-0.39, 0.29) is 0 Å². The average Bonchev–Trinajstić information content (AvgIpc) is 3.69. The molecule has 3 aromatic heterocycles. The molecule has 0 saturated carbocycles. The van der Waals surface area contributed by atoms with Crippen molar-refractivity contribution in [2.45, 2.75) is 32.6 Å². The minimum atomic E-state index is 0.929. The highest BCUT2D eigenvalue weighted by Crippen LogP contribution is 2.44. The van der Waals surface area contributed by atoms with Crippen molar-refractivity contribution in [3.8, 4) is 11.4 Å². The summed E-state index contributed by atoms with van der Waals surface area (Å²) in [6, 6.07) is 37.7. The number of allylic oxidation sites excluding steroid dienone is 1. The molecule has 0 aliphatic heterocycles. The molecule has 3 nitrogen and oxygen atoms in total. The van der Waals surface area contributed by atoms with Gasteiger partial charge in [-0.15, -0.1) is 0 Å². The van der Waals surface area contributed by atoms with E-state index < -0.39 is 0 Å². The van der Waals surface area contributed by atoms with Crippen LogP contribution < -0.4 is 0 Å². The number of hydrogen-bond donors (Lipinski definition) is 0. The fourth-order valence-electron chi connectivity index (χ4n) is 7.31. The fraction of sp³-hybridized carbons (Fsp3) is 0.128. The lowest BCUT2D eigenvalue weighted by molar-refractivity contribution is 0.673. The molecule has 42 heavy (non-hydrogen) atoms. The van der Waals surface area contributed by atoms with Gasteiger partial charge >= 0.3 is 0 Å². The molecular weight excluding hydrogens is 512 g/mol. The Balaban J connectivity index is 1.46. The van der Waals surface area contributed by atoms with E-state index >= 15 is 0 Å². The average molecular weight is 543 g/mol. The van der Waals surface area contributed by atoms with Gasteiger partial charge in [0.15, 0.2) is 0 Å². The highest BCUT2D eigenvalue weighted by molar-refractivity contribution is 6.25. The molecule has 9 rings (SSSR count). The highest BCUT2D eigenvalue weighted by atomic mass is 16.3. The third-order valence-electron chi connectivity index (χ3n) is 9.10. The Morgan fingerprint density at radius 3 is 2.38 bits per heavy atom. The molecule has 0 saturated heterocycles. The SMILES string of the molecule is CCCc1ccc(-n2c3ccc4c5ccccc5oc4c3c3cccc(-n4c5c(c6ccccc64)C=CCC5)c32)cc1. The van der Waals surface area contributed by atoms with Crippen LogP contribution in [0, 0.1) is 0 Å². The van der Waals surface area contributed by atoms with E-state index in [2.05, 4.69) is 131 Å². The molecule has 8 aromatic rings. The summed E-state index contributed by atoms with van der Waals surface area (Å²) in [6.07, 6.45) is 8.94. The smallest absolute Gasteiger partial charge is 0.145 e. The first-order valence-electron chi connectivity index (χ1n) is 15.1. The van der Waals surface area contributed by atoms with Crippen molar-refractivity contribution in [3.05, 3.63) is 126 Å². The molecule has 0 bridgehead atoms. The number of hydrogen-bond acceptors (Lipinski definition) is 1. The Morgan fingerprint density at radius 1 is 0.690 bits per heavy atom. The van der Waals surface area contributed by atoms with E-state index in [4.69, 9.17) is 4.42 Å². The Hall–Kier alpha value is -5.02. The minimum Gasteiger partial charge on any atom is -0.455 e. The van der Waals surface area contributed by atoms with Crippen LogP contribution in [0.5, 0.6) is 0 Å². The van der Waals surface area contributed by atoms with E-state index in [1.807, 2.05) is 0 Å². The minimum absolute atomic E-state index is 0.929. The maximum atomic E-state index is 6.64. The van der Waals surface area contributed by atoms with Crippen LogP contribution in [0.25, 0.3) is 72.1 Å². The predicted octanol–water partition coefficient (Wildman–Crippen LogP) is 10.5. The first-order valence-corrected chi connectivity index (χ1v) is 15.1. The van der Waals surface area contributed by atoms with Gasteiger partial charge in [0.25, 0.3) is 0 Å². The molecule has 0 radical (unpaired) electrons. The van der Waals surface area contributed by atoms with Crippen molar-refractivity contribution in [1.29, 1.82) is 0 Å². The highest BCUT2D eigenvalue weighted by Gasteiger charge is 2.24. The van der Waals surface area contributed by atoms with Gasteiger partial charge in [-0.1, -0.05) is 86.2 Å². The molecular formula is C39H30N2O. The molecule has 0 fully saturated rings. The summed E-state index contributed by atoms with van der Waals surface area (Å²) < 4.78 is 11.6. The van der Waals surface area contributed by atoms with Crippen LogP contribution in [-0.2, 0) is 12.8 Å². The van der Waals surface area contributed by atoms with E-state index in [9.17, 15) is 0 Å². The number of benzene rings is 5. The van der Waals surface area contributed by atoms with Crippen LogP contribution in [0.4, 0.5) is 0 Å². The summed E-state index contributed by atoms with van der Waals surface area (Å²) in [5.41, 5.74) is 12.0. The van der Waals surface area contributed by atoms with Crippen LogP contribution in [0.1, 0.15) is 36.6 Å². The zero-order valence-corrected chi connectivity index (χ0v) is 23.6. The third kappa shape index (κ3) is 3.22. The lowest BCUT2D eigenvalue weighted by Gasteiger charge is -2.17. The Bertz CT molecular complexity index is 2360. The standard InChI is InChI=1S/C39H30N2O/c1-2-10-25-19-21-26(22-20-25)40-34-24-23-30-29-13-5-8-18-36(29)42-39(30)37(34)31-14-9-17-35(38(31)40)41-32-15-6-3-11-27(32)28-12-4-7-16-33(28)41/h3-6,8-9,11-15,17-24H,2,7,10,16H2,1H3. The summed E-state index contributed by atoms with van der Waals surface area (Å²) in [4.78, 5) is 0. The van der Waals surface area contributed by atoms with E-state index in [1.165, 1.54) is 55.4 Å². The summed E-state index contributed by atoms with van der Waals surface area (Å²) in [7, 11) is 0. The molecule has 0 atom stereocenters. The zero-order valence-electron chi connectivity index (χ0n) is 23.6. The molecule has 0 amide bonds. The first-order chi connectivity index (χ1) is 20.8. The molecule has 0 unspecified atom stereocenters. The first kappa shape index (κ1) is 23.7. The van der Waals surface area contributed by atoms with Crippen LogP contribution in [0.15, 0.2) is 114 Å². The van der Waals surface area contributed by atoms with Gasteiger partial charge in [0.05, 0.1) is 27.6 Å². The summed E-state index contributed by atoms with van der Waals surface area (Å²) in [5, 5.41) is 6.01. The zero-order chi connectivity index (χ0) is 27.8. The molecule has 3 heterocycles. The van der Waals surface area contributed by atoms with Crippen molar-refractivity contribution in [2.24, 2.45) is 0 Å². The second-order valence-electron chi connectivity index (χ2n) is 11.5. The Kier molecular flexibility index (Phi) is 5.06. The number of fused-ring (bicyclic) bond motifs is 10. The quantitative estimate of drug-likeness (QED) is 0.217. The number of aryl methyl sites for hydroxylation is 1. The fourth-order valence-corrected chi connectivity index (χ4v) is 7.31. The topological polar surface area (TPSA) is 23.0 Å². The van der Waals surface area contributed by atoms with Gasteiger partial charge in [0, 0.05) is 38.5 Å². The predicted molar refractivity (Wildman–Crippen MR) is 176 cm³/mol. The van der Waals surface area contributed by atoms with Crippen molar-refractivity contribution < 1.29 is 4.42 Å². The largest absolute Gasteiger partial charge is 0.455 e. The molecule has 0 spiro atoms. The third-order valence-corrected chi connectivity index (χ3v) is 9.10. The lowest BCUT2D eigenvalue weighted by atomic mass is 10.0. The summed E-state index contributed by atoms with van der Waals surface area (Å²) >= 11 is 0. The normalized spacial score (nSPS) is 13.3.